The predicted molar refractivity (Wildman–Crippen MR) is 76.7 cm³/mol. The molecule has 3 nitrogen and oxygen atoms in total. The number of benzene rings is 1. The Kier molecular flexibility index (Phi) is 3.90. The minimum Gasteiger partial charge on any atom is -0.464 e. The van der Waals surface area contributed by atoms with Gasteiger partial charge in [0.25, 0.3) is 0 Å². The quantitative estimate of drug-likeness (QED) is 0.810. The summed E-state index contributed by atoms with van der Waals surface area (Å²) in [7, 11) is 1.34. The van der Waals surface area contributed by atoms with Crippen molar-refractivity contribution < 1.29 is 13.9 Å². The monoisotopic (exact) mass is 293 g/mol. The Morgan fingerprint density at radius 1 is 1.30 bits per heavy atom. The van der Waals surface area contributed by atoms with Crippen molar-refractivity contribution in [2.45, 2.75) is 26.2 Å². The van der Waals surface area contributed by atoms with E-state index < -0.39 is 11.4 Å². The minimum atomic E-state index is -0.431. The third-order valence-electron chi connectivity index (χ3n) is 3.28. The van der Waals surface area contributed by atoms with E-state index in [9.17, 15) is 9.18 Å². The molecule has 0 aliphatic rings. The lowest BCUT2D eigenvalue weighted by Gasteiger charge is -2.22. The zero-order chi connectivity index (χ0) is 14.9. The predicted octanol–water partition coefficient (Wildman–Crippen LogP) is 3.70. The van der Waals surface area contributed by atoms with Gasteiger partial charge in [0.05, 0.1) is 7.11 Å². The summed E-state index contributed by atoms with van der Waals surface area (Å²) in [6.45, 7) is 5.84. The third kappa shape index (κ3) is 2.58. The molecule has 0 radical (unpaired) electrons. The van der Waals surface area contributed by atoms with E-state index in [0.29, 0.717) is 5.69 Å². The molecule has 2 rings (SSSR count). The third-order valence-corrected chi connectivity index (χ3v) is 4.57. The Morgan fingerprint density at radius 3 is 2.45 bits per heavy atom. The lowest BCUT2D eigenvalue weighted by molar-refractivity contribution is 0.0594. The fraction of sp³-hybridized carbons (Fsp3) is 0.333. The first-order valence-corrected chi connectivity index (χ1v) is 7.00. The van der Waals surface area contributed by atoms with E-state index in [0.717, 1.165) is 15.4 Å². The number of halogens is 1. The van der Waals surface area contributed by atoms with E-state index in [1.165, 1.54) is 30.6 Å². The Bertz CT molecular complexity index is 632. The van der Waals surface area contributed by atoms with Crippen LogP contribution < -0.4 is 0 Å². The number of carbonyl (C=O) groups is 1. The standard InChI is InChI=1S/C15H16FNO2S/c1-9-12(13(18)19-4)17-14(20-9)15(2,3)10-5-7-11(16)8-6-10/h5-8H,1-4H3. The fourth-order valence-electron chi connectivity index (χ4n) is 1.94. The summed E-state index contributed by atoms with van der Waals surface area (Å²) in [6, 6.07) is 6.34. The van der Waals surface area contributed by atoms with Crippen molar-refractivity contribution >= 4 is 17.3 Å². The summed E-state index contributed by atoms with van der Waals surface area (Å²) in [5.74, 6) is -0.699. The molecule has 0 amide bonds. The summed E-state index contributed by atoms with van der Waals surface area (Å²) >= 11 is 1.46. The molecule has 0 saturated carbocycles. The second-order valence-corrected chi connectivity index (χ2v) is 6.25. The molecule has 1 heterocycles. The van der Waals surface area contributed by atoms with Gasteiger partial charge in [-0.05, 0) is 38.5 Å². The summed E-state index contributed by atoms with van der Waals surface area (Å²) in [5.41, 5.74) is 0.904. The molecule has 0 aliphatic heterocycles. The first kappa shape index (κ1) is 14.7. The number of aryl methyl sites for hydroxylation is 1. The van der Waals surface area contributed by atoms with Gasteiger partial charge in [-0.3, -0.25) is 0 Å². The molecule has 1 aromatic carbocycles. The fourth-order valence-corrected chi connectivity index (χ4v) is 2.97. The molecule has 20 heavy (non-hydrogen) atoms. The van der Waals surface area contributed by atoms with Crippen molar-refractivity contribution in [1.82, 2.24) is 4.98 Å². The number of thiazole rings is 1. The molecule has 0 saturated heterocycles. The zero-order valence-corrected chi connectivity index (χ0v) is 12.7. The van der Waals surface area contributed by atoms with Crippen molar-refractivity contribution in [3.63, 3.8) is 0 Å². The number of nitrogens with zero attached hydrogens (tertiary/aromatic N) is 1. The molecule has 0 aliphatic carbocycles. The molecule has 5 heteroatoms. The van der Waals surface area contributed by atoms with Crippen LogP contribution in [0, 0.1) is 12.7 Å². The Balaban J connectivity index is 2.44. The smallest absolute Gasteiger partial charge is 0.357 e. The molecule has 0 fully saturated rings. The van der Waals surface area contributed by atoms with Crippen LogP contribution in [0.5, 0.6) is 0 Å². The molecule has 106 valence electrons. The van der Waals surface area contributed by atoms with E-state index in [4.69, 9.17) is 4.74 Å². The summed E-state index contributed by atoms with van der Waals surface area (Å²) < 4.78 is 17.7. The Hall–Kier alpha value is -1.75. The first-order chi connectivity index (χ1) is 9.36. The second kappa shape index (κ2) is 5.32. The van der Waals surface area contributed by atoms with E-state index >= 15 is 0 Å². The van der Waals surface area contributed by atoms with Crippen LogP contribution in [0.4, 0.5) is 4.39 Å². The van der Waals surface area contributed by atoms with Crippen molar-refractivity contribution in [3.05, 3.63) is 51.2 Å². The van der Waals surface area contributed by atoms with Crippen molar-refractivity contribution in [2.75, 3.05) is 7.11 Å². The number of carbonyl (C=O) groups excluding carboxylic acids is 1. The van der Waals surface area contributed by atoms with Crippen LogP contribution >= 0.6 is 11.3 Å². The van der Waals surface area contributed by atoms with Gasteiger partial charge in [0.1, 0.15) is 10.8 Å². The van der Waals surface area contributed by atoms with E-state index in [1.54, 1.807) is 12.1 Å². The average molecular weight is 293 g/mol. The van der Waals surface area contributed by atoms with Crippen LogP contribution in [-0.2, 0) is 10.2 Å². The highest BCUT2D eigenvalue weighted by Crippen LogP contribution is 2.35. The maximum Gasteiger partial charge on any atom is 0.357 e. The largest absolute Gasteiger partial charge is 0.464 e. The van der Waals surface area contributed by atoms with E-state index in [-0.39, 0.29) is 5.82 Å². The van der Waals surface area contributed by atoms with Gasteiger partial charge in [-0.2, -0.15) is 0 Å². The highest BCUT2D eigenvalue weighted by atomic mass is 32.1. The maximum atomic E-state index is 13.0. The molecule has 2 aromatic rings. The molecule has 0 atom stereocenters. The van der Waals surface area contributed by atoms with Crippen molar-refractivity contribution in [2.24, 2.45) is 0 Å². The summed E-state index contributed by atoms with van der Waals surface area (Å²) in [5, 5.41) is 0.807. The summed E-state index contributed by atoms with van der Waals surface area (Å²) in [6.07, 6.45) is 0. The van der Waals surface area contributed by atoms with Gasteiger partial charge in [-0.15, -0.1) is 11.3 Å². The van der Waals surface area contributed by atoms with Gasteiger partial charge in [0.2, 0.25) is 0 Å². The van der Waals surface area contributed by atoms with E-state index in [2.05, 4.69) is 4.98 Å². The normalized spacial score (nSPS) is 11.4. The van der Waals surface area contributed by atoms with Crippen LogP contribution in [0.3, 0.4) is 0 Å². The highest BCUT2D eigenvalue weighted by Gasteiger charge is 2.29. The van der Waals surface area contributed by atoms with Crippen molar-refractivity contribution in [3.8, 4) is 0 Å². The maximum absolute atomic E-state index is 13.0. The number of hydrogen-bond donors (Lipinski definition) is 0. The van der Waals surface area contributed by atoms with Crippen LogP contribution in [0.15, 0.2) is 24.3 Å². The molecule has 1 aromatic heterocycles. The lowest BCUT2D eigenvalue weighted by Crippen LogP contribution is -2.19. The van der Waals surface area contributed by atoms with Gasteiger partial charge >= 0.3 is 5.97 Å². The molecule has 0 unspecified atom stereocenters. The van der Waals surface area contributed by atoms with Gasteiger partial charge in [0, 0.05) is 10.3 Å². The van der Waals surface area contributed by atoms with E-state index in [1.807, 2.05) is 20.8 Å². The number of hydrogen-bond acceptors (Lipinski definition) is 4. The Morgan fingerprint density at radius 2 is 1.90 bits per heavy atom. The number of ether oxygens (including phenoxy) is 1. The van der Waals surface area contributed by atoms with Crippen LogP contribution in [0.2, 0.25) is 0 Å². The van der Waals surface area contributed by atoms with Gasteiger partial charge < -0.3 is 4.74 Å². The molecule has 0 N–H and O–H groups in total. The highest BCUT2D eigenvalue weighted by molar-refractivity contribution is 7.12. The number of methoxy groups -OCH3 is 1. The SMILES string of the molecule is COC(=O)c1nc(C(C)(C)c2ccc(F)cc2)sc1C. The van der Waals surface area contributed by atoms with Gasteiger partial charge in [0.15, 0.2) is 5.69 Å². The average Bonchev–Trinajstić information content (AvgIpc) is 2.81. The van der Waals surface area contributed by atoms with Crippen LogP contribution in [-0.4, -0.2) is 18.1 Å². The topological polar surface area (TPSA) is 39.2 Å². The number of esters is 1. The minimum absolute atomic E-state index is 0.268. The number of rotatable bonds is 3. The zero-order valence-electron chi connectivity index (χ0n) is 11.9. The molecule has 0 spiro atoms. The second-order valence-electron chi connectivity index (χ2n) is 5.05. The summed E-state index contributed by atoms with van der Waals surface area (Å²) in [4.78, 5) is 16.9. The van der Waals surface area contributed by atoms with Crippen LogP contribution in [0.1, 0.15) is 39.8 Å². The number of aromatic nitrogens is 1. The van der Waals surface area contributed by atoms with Gasteiger partial charge in [-0.1, -0.05) is 12.1 Å². The molecular formula is C15H16FNO2S. The Labute approximate surface area is 121 Å². The van der Waals surface area contributed by atoms with Crippen molar-refractivity contribution in [1.29, 1.82) is 0 Å². The van der Waals surface area contributed by atoms with Crippen LogP contribution in [0.25, 0.3) is 0 Å². The molecular weight excluding hydrogens is 277 g/mol. The molecule has 0 bridgehead atoms. The lowest BCUT2D eigenvalue weighted by atomic mass is 9.85. The van der Waals surface area contributed by atoms with Gasteiger partial charge in [-0.25, -0.2) is 14.2 Å². The first-order valence-electron chi connectivity index (χ1n) is 6.18.